The fourth-order valence-electron chi connectivity index (χ4n) is 2.04. The Morgan fingerprint density at radius 1 is 1.28 bits per heavy atom. The van der Waals surface area contributed by atoms with Crippen molar-refractivity contribution < 1.29 is 4.39 Å². The monoisotopic (exact) mass is 308 g/mol. The SMILES string of the molecule is Cc1cc(C)c(C(N)c2ccc(Br)cn2)c(F)c1. The molecular weight excluding hydrogens is 295 g/mol. The Balaban J connectivity index is 2.46. The lowest BCUT2D eigenvalue weighted by molar-refractivity contribution is 0.593. The number of rotatable bonds is 2. The van der Waals surface area contributed by atoms with Crippen LogP contribution in [-0.4, -0.2) is 4.98 Å². The molecule has 0 aliphatic rings. The number of nitrogens with two attached hydrogens (primary N) is 1. The molecule has 0 amide bonds. The minimum Gasteiger partial charge on any atom is -0.319 e. The summed E-state index contributed by atoms with van der Waals surface area (Å²) in [4.78, 5) is 4.22. The molecule has 1 atom stereocenters. The van der Waals surface area contributed by atoms with Crippen molar-refractivity contribution in [2.45, 2.75) is 19.9 Å². The predicted molar refractivity (Wildman–Crippen MR) is 73.8 cm³/mol. The number of hydrogen-bond acceptors (Lipinski definition) is 2. The van der Waals surface area contributed by atoms with Crippen LogP contribution in [0.15, 0.2) is 34.9 Å². The average molecular weight is 309 g/mol. The van der Waals surface area contributed by atoms with Crippen molar-refractivity contribution in [3.63, 3.8) is 0 Å². The van der Waals surface area contributed by atoms with Gasteiger partial charge in [0.25, 0.3) is 0 Å². The largest absolute Gasteiger partial charge is 0.319 e. The number of aryl methyl sites for hydroxylation is 2. The molecule has 0 fully saturated rings. The zero-order valence-corrected chi connectivity index (χ0v) is 11.8. The van der Waals surface area contributed by atoms with E-state index < -0.39 is 6.04 Å². The van der Waals surface area contributed by atoms with Crippen molar-refractivity contribution in [2.75, 3.05) is 0 Å². The predicted octanol–water partition coefficient (Wildman–Crippen LogP) is 3.65. The van der Waals surface area contributed by atoms with Crippen LogP contribution in [0, 0.1) is 19.7 Å². The zero-order chi connectivity index (χ0) is 13.3. The van der Waals surface area contributed by atoms with E-state index >= 15 is 0 Å². The number of halogens is 2. The van der Waals surface area contributed by atoms with Crippen molar-refractivity contribution >= 4 is 15.9 Å². The summed E-state index contributed by atoms with van der Waals surface area (Å²) in [5.74, 6) is -0.273. The lowest BCUT2D eigenvalue weighted by Gasteiger charge is -2.16. The van der Waals surface area contributed by atoms with Crippen molar-refractivity contribution in [2.24, 2.45) is 5.73 Å². The van der Waals surface area contributed by atoms with E-state index in [-0.39, 0.29) is 5.82 Å². The summed E-state index contributed by atoms with van der Waals surface area (Å²) < 4.78 is 14.9. The Labute approximate surface area is 114 Å². The molecule has 2 nitrogen and oxygen atoms in total. The molecule has 0 saturated heterocycles. The van der Waals surface area contributed by atoms with Gasteiger partial charge in [0, 0.05) is 16.2 Å². The van der Waals surface area contributed by atoms with Gasteiger partial charge in [-0.15, -0.1) is 0 Å². The number of benzene rings is 1. The third kappa shape index (κ3) is 2.60. The molecule has 18 heavy (non-hydrogen) atoms. The number of pyridine rings is 1. The first-order valence-electron chi connectivity index (χ1n) is 5.62. The number of aromatic nitrogens is 1. The summed E-state index contributed by atoms with van der Waals surface area (Å²) in [6.07, 6.45) is 1.66. The lowest BCUT2D eigenvalue weighted by Crippen LogP contribution is -2.16. The van der Waals surface area contributed by atoms with Gasteiger partial charge in [0.05, 0.1) is 11.7 Å². The highest BCUT2D eigenvalue weighted by Gasteiger charge is 2.17. The lowest BCUT2D eigenvalue weighted by atomic mass is 9.96. The Bertz CT molecular complexity index is 544. The first-order valence-corrected chi connectivity index (χ1v) is 6.42. The Morgan fingerprint density at radius 2 is 2.00 bits per heavy atom. The van der Waals surface area contributed by atoms with Gasteiger partial charge in [-0.25, -0.2) is 4.39 Å². The van der Waals surface area contributed by atoms with E-state index in [1.807, 2.05) is 26.0 Å². The van der Waals surface area contributed by atoms with Gasteiger partial charge in [-0.05, 0) is 59.1 Å². The van der Waals surface area contributed by atoms with Crippen LogP contribution in [-0.2, 0) is 0 Å². The molecule has 94 valence electrons. The molecule has 0 aliphatic carbocycles. The van der Waals surface area contributed by atoms with Crippen LogP contribution in [0.4, 0.5) is 4.39 Å². The summed E-state index contributed by atoms with van der Waals surface area (Å²) in [6, 6.07) is 6.54. The Kier molecular flexibility index (Phi) is 3.78. The van der Waals surface area contributed by atoms with E-state index in [2.05, 4.69) is 20.9 Å². The Hall–Kier alpha value is -1.26. The average Bonchev–Trinajstić information content (AvgIpc) is 2.28. The minimum atomic E-state index is -0.543. The fourth-order valence-corrected chi connectivity index (χ4v) is 2.27. The quantitative estimate of drug-likeness (QED) is 0.919. The summed E-state index contributed by atoms with van der Waals surface area (Å²) >= 11 is 3.31. The normalized spacial score (nSPS) is 12.5. The van der Waals surface area contributed by atoms with Crippen LogP contribution in [0.1, 0.15) is 28.4 Å². The van der Waals surface area contributed by atoms with E-state index in [1.165, 1.54) is 6.07 Å². The third-order valence-electron chi connectivity index (χ3n) is 2.86. The molecule has 2 N–H and O–H groups in total. The summed E-state index contributed by atoms with van der Waals surface area (Å²) in [7, 11) is 0. The molecule has 2 rings (SSSR count). The Morgan fingerprint density at radius 3 is 2.56 bits per heavy atom. The van der Waals surface area contributed by atoms with Crippen molar-refractivity contribution in [3.05, 3.63) is 63.1 Å². The molecule has 0 spiro atoms. The molecule has 0 aliphatic heterocycles. The molecule has 0 bridgehead atoms. The van der Waals surface area contributed by atoms with Crippen LogP contribution >= 0.6 is 15.9 Å². The van der Waals surface area contributed by atoms with E-state index in [0.29, 0.717) is 11.3 Å². The highest BCUT2D eigenvalue weighted by atomic mass is 79.9. The van der Waals surface area contributed by atoms with E-state index in [4.69, 9.17) is 5.73 Å². The van der Waals surface area contributed by atoms with Gasteiger partial charge >= 0.3 is 0 Å². The highest BCUT2D eigenvalue weighted by Crippen LogP contribution is 2.25. The van der Waals surface area contributed by atoms with Crippen LogP contribution in [0.3, 0.4) is 0 Å². The standard InChI is InChI=1S/C14H14BrFN2/c1-8-5-9(2)13(11(16)6-8)14(17)12-4-3-10(15)7-18-12/h3-7,14H,17H2,1-2H3. The fraction of sp³-hybridized carbons (Fsp3) is 0.214. The summed E-state index contributed by atoms with van der Waals surface area (Å²) in [6.45, 7) is 3.73. The van der Waals surface area contributed by atoms with Crippen molar-refractivity contribution in [1.29, 1.82) is 0 Å². The first-order chi connectivity index (χ1) is 8.49. The van der Waals surface area contributed by atoms with Gasteiger partial charge in [0.2, 0.25) is 0 Å². The van der Waals surface area contributed by atoms with Crippen LogP contribution < -0.4 is 5.73 Å². The third-order valence-corrected chi connectivity index (χ3v) is 3.33. The minimum absolute atomic E-state index is 0.273. The van der Waals surface area contributed by atoms with Crippen LogP contribution in [0.2, 0.25) is 0 Å². The van der Waals surface area contributed by atoms with E-state index in [9.17, 15) is 4.39 Å². The van der Waals surface area contributed by atoms with Crippen molar-refractivity contribution in [3.8, 4) is 0 Å². The maximum atomic E-state index is 14.0. The molecular formula is C14H14BrFN2. The van der Waals surface area contributed by atoms with Crippen LogP contribution in [0.5, 0.6) is 0 Å². The molecule has 1 heterocycles. The molecule has 0 radical (unpaired) electrons. The van der Waals surface area contributed by atoms with Gasteiger partial charge in [-0.1, -0.05) is 6.07 Å². The maximum absolute atomic E-state index is 14.0. The van der Waals surface area contributed by atoms with Crippen molar-refractivity contribution in [1.82, 2.24) is 4.98 Å². The second-order valence-electron chi connectivity index (χ2n) is 4.36. The van der Waals surface area contributed by atoms with E-state index in [1.54, 1.807) is 12.3 Å². The van der Waals surface area contributed by atoms with E-state index in [0.717, 1.165) is 15.6 Å². The molecule has 4 heteroatoms. The molecule has 2 aromatic rings. The van der Waals surface area contributed by atoms with Gasteiger partial charge < -0.3 is 5.73 Å². The first kappa shape index (κ1) is 13.2. The van der Waals surface area contributed by atoms with Gasteiger partial charge in [-0.2, -0.15) is 0 Å². The summed E-state index contributed by atoms with van der Waals surface area (Å²) in [5.41, 5.74) is 9.01. The molecule has 1 unspecified atom stereocenters. The highest BCUT2D eigenvalue weighted by molar-refractivity contribution is 9.10. The topological polar surface area (TPSA) is 38.9 Å². The zero-order valence-electron chi connectivity index (χ0n) is 10.2. The smallest absolute Gasteiger partial charge is 0.128 e. The second kappa shape index (κ2) is 5.16. The maximum Gasteiger partial charge on any atom is 0.128 e. The number of hydrogen-bond donors (Lipinski definition) is 1. The molecule has 1 aromatic carbocycles. The van der Waals surface area contributed by atoms with Crippen LogP contribution in [0.25, 0.3) is 0 Å². The van der Waals surface area contributed by atoms with Gasteiger partial charge in [0.15, 0.2) is 0 Å². The second-order valence-corrected chi connectivity index (χ2v) is 5.27. The molecule has 1 aromatic heterocycles. The summed E-state index contributed by atoms with van der Waals surface area (Å²) in [5, 5.41) is 0. The number of nitrogens with zero attached hydrogens (tertiary/aromatic N) is 1. The van der Waals surface area contributed by atoms with Gasteiger partial charge in [0.1, 0.15) is 5.82 Å². The van der Waals surface area contributed by atoms with Gasteiger partial charge in [-0.3, -0.25) is 4.98 Å². The molecule has 0 saturated carbocycles.